The lowest BCUT2D eigenvalue weighted by atomic mass is 10.0. The number of hydrogen-bond acceptors (Lipinski definition) is 2. The highest BCUT2D eigenvalue weighted by atomic mass is 15.1. The average Bonchev–Trinajstić information content (AvgIpc) is 3.19. The van der Waals surface area contributed by atoms with Crippen molar-refractivity contribution < 1.29 is 0 Å². The van der Waals surface area contributed by atoms with Gasteiger partial charge in [-0.3, -0.25) is 0 Å². The van der Waals surface area contributed by atoms with Gasteiger partial charge in [-0.1, -0.05) is 0 Å². The van der Waals surface area contributed by atoms with Crippen LogP contribution in [-0.4, -0.2) is 15.6 Å². The van der Waals surface area contributed by atoms with E-state index in [1.54, 1.807) is 0 Å². The van der Waals surface area contributed by atoms with Crippen LogP contribution in [0, 0.1) is 11.3 Å². The van der Waals surface area contributed by atoms with E-state index in [-0.39, 0.29) is 0 Å². The maximum Gasteiger partial charge on any atom is 0.0948 e. The van der Waals surface area contributed by atoms with Gasteiger partial charge in [-0.15, -0.1) is 0 Å². The van der Waals surface area contributed by atoms with Crippen LogP contribution in [0.15, 0.2) is 12.5 Å². The van der Waals surface area contributed by atoms with Gasteiger partial charge >= 0.3 is 0 Å². The van der Waals surface area contributed by atoms with Crippen LogP contribution >= 0.6 is 0 Å². The van der Waals surface area contributed by atoms with E-state index in [1.807, 2.05) is 12.5 Å². The minimum absolute atomic E-state index is 0.676. The summed E-state index contributed by atoms with van der Waals surface area (Å²) in [5, 5.41) is 3.59. The first-order valence-corrected chi connectivity index (χ1v) is 7.08. The Bertz CT molecular complexity index is 411. The first kappa shape index (κ1) is 10.1. The minimum Gasteiger partial charge on any atom is -0.333 e. The highest BCUT2D eigenvalue weighted by Gasteiger charge is 2.53. The molecule has 0 aliphatic heterocycles. The molecule has 3 aliphatic carbocycles. The van der Waals surface area contributed by atoms with Gasteiger partial charge in [-0.05, 0) is 49.9 Å². The van der Waals surface area contributed by atoms with E-state index >= 15 is 0 Å². The molecule has 3 nitrogen and oxygen atoms in total. The van der Waals surface area contributed by atoms with Crippen LogP contribution < -0.4 is 5.32 Å². The predicted octanol–water partition coefficient (Wildman–Crippen LogP) is 2.33. The highest BCUT2D eigenvalue weighted by Crippen LogP contribution is 2.62. The van der Waals surface area contributed by atoms with E-state index in [0.29, 0.717) is 5.41 Å². The Morgan fingerprint density at radius 3 is 2.76 bits per heavy atom. The Kier molecular flexibility index (Phi) is 2.13. The van der Waals surface area contributed by atoms with Crippen LogP contribution in [0.5, 0.6) is 0 Å². The maximum absolute atomic E-state index is 4.34. The molecule has 0 aromatic carbocycles. The van der Waals surface area contributed by atoms with Gasteiger partial charge in [0.05, 0.1) is 12.0 Å². The zero-order chi connectivity index (χ0) is 11.3. The van der Waals surface area contributed by atoms with Gasteiger partial charge in [0.2, 0.25) is 0 Å². The van der Waals surface area contributed by atoms with Gasteiger partial charge in [0.15, 0.2) is 0 Å². The molecule has 0 spiro atoms. The first-order valence-electron chi connectivity index (χ1n) is 7.08. The Hall–Kier alpha value is -0.830. The second-order valence-corrected chi connectivity index (χ2v) is 6.30. The smallest absolute Gasteiger partial charge is 0.0948 e. The summed E-state index contributed by atoms with van der Waals surface area (Å²) in [7, 11) is 0. The van der Waals surface area contributed by atoms with E-state index in [0.717, 1.165) is 18.5 Å². The van der Waals surface area contributed by atoms with Gasteiger partial charge < -0.3 is 9.88 Å². The Morgan fingerprint density at radius 1 is 1.29 bits per heavy atom. The van der Waals surface area contributed by atoms with E-state index in [1.165, 1.54) is 50.8 Å². The summed E-state index contributed by atoms with van der Waals surface area (Å²) in [6.07, 6.45) is 12.6. The van der Waals surface area contributed by atoms with Gasteiger partial charge in [0, 0.05) is 25.3 Å². The summed E-state index contributed by atoms with van der Waals surface area (Å²) in [6.45, 7) is 2.23. The van der Waals surface area contributed by atoms with E-state index < -0.39 is 0 Å². The quantitative estimate of drug-likeness (QED) is 0.814. The SMILES string of the molecule is c1ncn(CC2(C3CC3)CC2)c1CNC1CC1. The lowest BCUT2D eigenvalue weighted by Gasteiger charge is -2.17. The van der Waals surface area contributed by atoms with Crippen LogP contribution in [0.4, 0.5) is 0 Å². The van der Waals surface area contributed by atoms with Crippen molar-refractivity contribution in [1.82, 2.24) is 14.9 Å². The van der Waals surface area contributed by atoms with Gasteiger partial charge in [0.1, 0.15) is 0 Å². The standard InChI is InChI=1S/C14H21N3/c1-2-11(1)14(5-6-14)9-17-10-15-7-13(17)8-16-12-3-4-12/h7,10-12,16H,1-6,8-9H2. The summed E-state index contributed by atoms with van der Waals surface area (Å²) in [5.41, 5.74) is 2.05. The number of imidazole rings is 1. The van der Waals surface area contributed by atoms with Gasteiger partial charge in [0.25, 0.3) is 0 Å². The molecule has 1 aromatic heterocycles. The Balaban J connectivity index is 1.43. The fourth-order valence-electron chi connectivity index (χ4n) is 3.07. The fraction of sp³-hybridized carbons (Fsp3) is 0.786. The fourth-order valence-corrected chi connectivity index (χ4v) is 3.07. The van der Waals surface area contributed by atoms with Crippen molar-refractivity contribution in [2.45, 2.75) is 57.7 Å². The number of nitrogens with zero attached hydrogens (tertiary/aromatic N) is 2. The molecule has 17 heavy (non-hydrogen) atoms. The summed E-state index contributed by atoms with van der Waals surface area (Å²) in [4.78, 5) is 4.34. The molecule has 0 saturated heterocycles. The lowest BCUT2D eigenvalue weighted by Crippen LogP contribution is -2.20. The molecule has 3 saturated carbocycles. The Labute approximate surface area is 103 Å². The highest BCUT2D eigenvalue weighted by molar-refractivity contribution is 5.07. The normalized spacial score (nSPS) is 26.1. The van der Waals surface area contributed by atoms with Crippen molar-refractivity contribution in [3.63, 3.8) is 0 Å². The van der Waals surface area contributed by atoms with Gasteiger partial charge in [-0.25, -0.2) is 4.98 Å². The van der Waals surface area contributed by atoms with Crippen molar-refractivity contribution in [2.75, 3.05) is 0 Å². The molecule has 4 rings (SSSR count). The molecule has 1 heterocycles. The summed E-state index contributed by atoms with van der Waals surface area (Å²) in [5.74, 6) is 1.04. The first-order chi connectivity index (χ1) is 8.36. The van der Waals surface area contributed by atoms with E-state index in [2.05, 4.69) is 14.9 Å². The second kappa shape index (κ2) is 3.58. The summed E-state index contributed by atoms with van der Waals surface area (Å²) >= 11 is 0. The second-order valence-electron chi connectivity index (χ2n) is 6.30. The lowest BCUT2D eigenvalue weighted by molar-refractivity contribution is 0.363. The third-order valence-electron chi connectivity index (χ3n) is 4.77. The average molecular weight is 231 g/mol. The molecule has 0 radical (unpaired) electrons. The van der Waals surface area contributed by atoms with Crippen LogP contribution in [-0.2, 0) is 13.1 Å². The molecule has 0 unspecified atom stereocenters. The maximum atomic E-state index is 4.34. The summed E-state index contributed by atoms with van der Waals surface area (Å²) in [6, 6.07) is 0.789. The van der Waals surface area contributed by atoms with Crippen LogP contribution in [0.3, 0.4) is 0 Å². The third-order valence-corrected chi connectivity index (χ3v) is 4.77. The number of aromatic nitrogens is 2. The van der Waals surface area contributed by atoms with E-state index in [9.17, 15) is 0 Å². The number of nitrogens with one attached hydrogen (secondary N) is 1. The topological polar surface area (TPSA) is 29.9 Å². The number of rotatable bonds is 6. The van der Waals surface area contributed by atoms with Crippen molar-refractivity contribution in [3.05, 3.63) is 18.2 Å². The number of hydrogen-bond donors (Lipinski definition) is 1. The molecule has 1 aromatic rings. The monoisotopic (exact) mass is 231 g/mol. The molecule has 3 heteroatoms. The van der Waals surface area contributed by atoms with Gasteiger partial charge in [-0.2, -0.15) is 0 Å². The molecule has 3 aliphatic rings. The summed E-state index contributed by atoms with van der Waals surface area (Å²) < 4.78 is 2.40. The predicted molar refractivity (Wildman–Crippen MR) is 66.5 cm³/mol. The largest absolute Gasteiger partial charge is 0.333 e. The zero-order valence-electron chi connectivity index (χ0n) is 10.4. The molecule has 0 atom stereocenters. The molecule has 3 fully saturated rings. The van der Waals surface area contributed by atoms with Crippen LogP contribution in [0.2, 0.25) is 0 Å². The van der Waals surface area contributed by atoms with Crippen LogP contribution in [0.1, 0.15) is 44.2 Å². The Morgan fingerprint density at radius 2 is 2.12 bits per heavy atom. The minimum atomic E-state index is 0.676. The molecule has 0 amide bonds. The molecule has 1 N–H and O–H groups in total. The molecule has 0 bridgehead atoms. The van der Waals surface area contributed by atoms with E-state index in [4.69, 9.17) is 0 Å². The third kappa shape index (κ3) is 2.01. The van der Waals surface area contributed by atoms with Crippen molar-refractivity contribution in [3.8, 4) is 0 Å². The van der Waals surface area contributed by atoms with Crippen LogP contribution in [0.25, 0.3) is 0 Å². The molecular formula is C14H21N3. The van der Waals surface area contributed by atoms with Crippen molar-refractivity contribution in [1.29, 1.82) is 0 Å². The van der Waals surface area contributed by atoms with Crippen molar-refractivity contribution in [2.24, 2.45) is 11.3 Å². The molecular weight excluding hydrogens is 210 g/mol. The zero-order valence-corrected chi connectivity index (χ0v) is 10.4. The van der Waals surface area contributed by atoms with Crippen molar-refractivity contribution >= 4 is 0 Å². The molecule has 92 valence electrons.